The van der Waals surface area contributed by atoms with Crippen LogP contribution in [0, 0.1) is 0 Å². The van der Waals surface area contributed by atoms with Crippen LogP contribution in [0.3, 0.4) is 0 Å². The number of hydrogen-bond donors (Lipinski definition) is 2. The first kappa shape index (κ1) is 18.1. The Morgan fingerprint density at radius 2 is 2.00 bits per heavy atom. The summed E-state index contributed by atoms with van der Waals surface area (Å²) in [5.41, 5.74) is 6.04. The Morgan fingerprint density at radius 3 is 2.60 bits per heavy atom. The number of unbranched alkanes of at least 4 members (excludes halogenated alkanes) is 1. The highest BCUT2D eigenvalue weighted by Crippen LogP contribution is 2.29. The van der Waals surface area contributed by atoms with E-state index in [1.54, 1.807) is 17.8 Å². The van der Waals surface area contributed by atoms with Crippen LogP contribution >= 0.6 is 35.0 Å². The second-order valence-corrected chi connectivity index (χ2v) is 7.71. The first-order valence-corrected chi connectivity index (χ1v) is 9.72. The third-order valence-corrected chi connectivity index (χ3v) is 5.61. The molecule has 0 saturated heterocycles. The second kappa shape index (κ2) is 8.46. The molecule has 1 rings (SSSR count). The molecule has 3 N–H and O–H groups in total. The average molecular weight is 357 g/mol. The molecule has 1 aromatic rings. The predicted molar refractivity (Wildman–Crippen MR) is 87.2 cm³/mol. The van der Waals surface area contributed by atoms with E-state index in [9.17, 15) is 8.42 Å². The highest BCUT2D eigenvalue weighted by molar-refractivity contribution is 7.98. The average Bonchev–Trinajstić information content (AvgIpc) is 2.40. The van der Waals surface area contributed by atoms with Crippen LogP contribution < -0.4 is 10.5 Å². The van der Waals surface area contributed by atoms with Crippen LogP contribution in [0.15, 0.2) is 17.0 Å². The lowest BCUT2D eigenvalue weighted by molar-refractivity contribution is 0.578. The van der Waals surface area contributed by atoms with Crippen molar-refractivity contribution in [2.45, 2.75) is 24.3 Å². The van der Waals surface area contributed by atoms with E-state index in [4.69, 9.17) is 28.9 Å². The van der Waals surface area contributed by atoms with Crippen molar-refractivity contribution in [2.24, 2.45) is 5.73 Å². The molecule has 0 aromatic heterocycles. The zero-order chi connectivity index (χ0) is 15.2. The van der Waals surface area contributed by atoms with Gasteiger partial charge in [-0.2, -0.15) is 11.8 Å². The summed E-state index contributed by atoms with van der Waals surface area (Å²) in [7, 11) is -3.66. The Bertz CT molecular complexity index is 551. The molecule has 1 aromatic carbocycles. The molecule has 0 radical (unpaired) electrons. The van der Waals surface area contributed by atoms with Crippen molar-refractivity contribution in [3.05, 3.63) is 27.7 Å². The van der Waals surface area contributed by atoms with Gasteiger partial charge in [0.1, 0.15) is 4.90 Å². The van der Waals surface area contributed by atoms with Gasteiger partial charge in [0.25, 0.3) is 0 Å². The largest absolute Gasteiger partial charge is 0.326 e. The summed E-state index contributed by atoms with van der Waals surface area (Å²) in [6.07, 6.45) is 3.76. The van der Waals surface area contributed by atoms with Gasteiger partial charge in [-0.25, -0.2) is 13.1 Å². The molecule has 0 aliphatic heterocycles. The molecule has 0 atom stereocenters. The zero-order valence-corrected chi connectivity index (χ0v) is 14.3. The normalized spacial score (nSPS) is 11.8. The minimum absolute atomic E-state index is 0.0167. The number of sulfonamides is 1. The predicted octanol–water partition coefficient (Wildman–Crippen LogP) is 2.87. The molecular formula is C12H18Cl2N2O2S2. The third kappa shape index (κ3) is 5.09. The highest BCUT2D eigenvalue weighted by atomic mass is 35.5. The summed E-state index contributed by atoms with van der Waals surface area (Å²) in [5, 5.41) is 0.436. The Hall–Kier alpha value is 0.0200. The fourth-order valence-electron chi connectivity index (χ4n) is 1.62. The monoisotopic (exact) mass is 356 g/mol. The summed E-state index contributed by atoms with van der Waals surface area (Å²) < 4.78 is 26.9. The maximum absolute atomic E-state index is 12.2. The van der Waals surface area contributed by atoms with Crippen molar-refractivity contribution in [2.75, 3.05) is 18.6 Å². The quantitative estimate of drug-likeness (QED) is 0.702. The van der Waals surface area contributed by atoms with Crippen molar-refractivity contribution in [3.8, 4) is 0 Å². The van der Waals surface area contributed by atoms with Crippen LogP contribution in [0.25, 0.3) is 0 Å². The van der Waals surface area contributed by atoms with Gasteiger partial charge in [-0.3, -0.25) is 0 Å². The van der Waals surface area contributed by atoms with Gasteiger partial charge in [0.2, 0.25) is 10.0 Å². The summed E-state index contributed by atoms with van der Waals surface area (Å²) in [4.78, 5) is -0.0167. The number of nitrogens with one attached hydrogen (secondary N) is 1. The van der Waals surface area contributed by atoms with Crippen molar-refractivity contribution >= 4 is 45.0 Å². The topological polar surface area (TPSA) is 72.2 Å². The summed E-state index contributed by atoms with van der Waals surface area (Å²) in [6.45, 7) is 0.513. The summed E-state index contributed by atoms with van der Waals surface area (Å²) in [5.74, 6) is 1.01. The Labute approximate surface area is 134 Å². The van der Waals surface area contributed by atoms with Gasteiger partial charge in [0, 0.05) is 18.1 Å². The SMILES string of the molecule is CSCCCCNS(=O)(=O)c1cc(Cl)cc(CN)c1Cl. The van der Waals surface area contributed by atoms with Gasteiger partial charge in [0.15, 0.2) is 0 Å². The van der Waals surface area contributed by atoms with E-state index in [-0.39, 0.29) is 16.5 Å². The van der Waals surface area contributed by atoms with Crippen molar-refractivity contribution in [1.82, 2.24) is 4.72 Å². The standard InChI is InChI=1S/C12H18Cl2N2O2S2/c1-19-5-3-2-4-16-20(17,18)11-7-10(13)6-9(8-15)12(11)14/h6-7,16H,2-5,8,15H2,1H3. The van der Waals surface area contributed by atoms with E-state index in [0.717, 1.165) is 18.6 Å². The van der Waals surface area contributed by atoms with Crippen molar-refractivity contribution in [1.29, 1.82) is 0 Å². The molecule has 0 saturated carbocycles. The van der Waals surface area contributed by atoms with Crippen LogP contribution in [0.2, 0.25) is 10.0 Å². The molecule has 0 spiro atoms. The molecule has 0 heterocycles. The lowest BCUT2D eigenvalue weighted by Crippen LogP contribution is -2.25. The molecule has 0 fully saturated rings. The molecule has 8 heteroatoms. The lowest BCUT2D eigenvalue weighted by Gasteiger charge is -2.11. The van der Waals surface area contributed by atoms with Crippen LogP contribution in [-0.4, -0.2) is 27.0 Å². The highest BCUT2D eigenvalue weighted by Gasteiger charge is 2.20. The zero-order valence-electron chi connectivity index (χ0n) is 11.2. The van der Waals surface area contributed by atoms with E-state index in [0.29, 0.717) is 17.1 Å². The fourth-order valence-corrected chi connectivity index (χ4v) is 4.13. The van der Waals surface area contributed by atoms with Crippen molar-refractivity contribution < 1.29 is 8.42 Å². The van der Waals surface area contributed by atoms with Gasteiger partial charge < -0.3 is 5.73 Å². The van der Waals surface area contributed by atoms with Gasteiger partial charge in [-0.15, -0.1) is 0 Å². The number of halogens is 2. The molecule has 114 valence electrons. The molecule has 0 amide bonds. The number of thioether (sulfide) groups is 1. The first-order chi connectivity index (χ1) is 9.42. The van der Waals surface area contributed by atoms with E-state index in [1.165, 1.54) is 6.07 Å². The Morgan fingerprint density at radius 1 is 1.30 bits per heavy atom. The minimum Gasteiger partial charge on any atom is -0.326 e. The van der Waals surface area contributed by atoms with E-state index in [2.05, 4.69) is 4.72 Å². The molecule has 0 aliphatic carbocycles. The third-order valence-electron chi connectivity index (χ3n) is 2.66. The summed E-state index contributed by atoms with van der Waals surface area (Å²) in [6, 6.07) is 2.91. The van der Waals surface area contributed by atoms with E-state index in [1.807, 2.05) is 6.26 Å². The number of hydrogen-bond acceptors (Lipinski definition) is 4. The summed E-state index contributed by atoms with van der Waals surface area (Å²) >= 11 is 13.7. The first-order valence-electron chi connectivity index (χ1n) is 6.09. The van der Waals surface area contributed by atoms with Gasteiger partial charge in [0.05, 0.1) is 5.02 Å². The van der Waals surface area contributed by atoms with Gasteiger partial charge in [-0.05, 0) is 42.5 Å². The minimum atomic E-state index is -3.66. The number of benzene rings is 1. The van der Waals surface area contributed by atoms with Crippen LogP contribution in [0.5, 0.6) is 0 Å². The second-order valence-electron chi connectivity index (χ2n) is 4.18. The molecule has 0 unspecified atom stereocenters. The smallest absolute Gasteiger partial charge is 0.242 e. The number of rotatable bonds is 8. The Balaban J connectivity index is 2.84. The molecule has 20 heavy (non-hydrogen) atoms. The lowest BCUT2D eigenvalue weighted by atomic mass is 10.2. The van der Waals surface area contributed by atoms with Crippen LogP contribution in [0.4, 0.5) is 0 Å². The maximum atomic E-state index is 12.2. The number of nitrogens with two attached hydrogens (primary N) is 1. The molecule has 0 aliphatic rings. The maximum Gasteiger partial charge on any atom is 0.242 e. The van der Waals surface area contributed by atoms with E-state index >= 15 is 0 Å². The molecular weight excluding hydrogens is 339 g/mol. The Kier molecular flexibility index (Phi) is 7.64. The molecule has 0 bridgehead atoms. The van der Waals surface area contributed by atoms with E-state index < -0.39 is 10.0 Å². The van der Waals surface area contributed by atoms with Gasteiger partial charge >= 0.3 is 0 Å². The van der Waals surface area contributed by atoms with Crippen LogP contribution in [-0.2, 0) is 16.6 Å². The van der Waals surface area contributed by atoms with Crippen LogP contribution in [0.1, 0.15) is 18.4 Å². The molecule has 4 nitrogen and oxygen atoms in total. The van der Waals surface area contributed by atoms with Crippen molar-refractivity contribution in [3.63, 3.8) is 0 Å². The van der Waals surface area contributed by atoms with Gasteiger partial charge in [-0.1, -0.05) is 23.2 Å². The fraction of sp³-hybridized carbons (Fsp3) is 0.500.